The highest BCUT2D eigenvalue weighted by molar-refractivity contribution is 5.84. The van der Waals surface area contributed by atoms with Crippen molar-refractivity contribution < 1.29 is 35.1 Å². The Hall–Kier alpha value is -2.01. The Bertz CT molecular complexity index is 762. The van der Waals surface area contributed by atoms with Crippen molar-refractivity contribution in [1.29, 1.82) is 0 Å². The summed E-state index contributed by atoms with van der Waals surface area (Å²) < 4.78 is 5.33. The summed E-state index contributed by atoms with van der Waals surface area (Å²) in [7, 11) is 0. The van der Waals surface area contributed by atoms with Crippen LogP contribution in [0.1, 0.15) is 5.56 Å². The number of fused-ring (bicyclic) bond motifs is 1. The van der Waals surface area contributed by atoms with Gasteiger partial charge in [-0.25, -0.2) is 0 Å². The molecule has 0 amide bonds. The summed E-state index contributed by atoms with van der Waals surface area (Å²) in [5.74, 6) is -1.16. The first-order valence-corrected chi connectivity index (χ1v) is 8.26. The summed E-state index contributed by atoms with van der Waals surface area (Å²) in [5, 5.41) is 52.0. The van der Waals surface area contributed by atoms with Gasteiger partial charge in [0, 0.05) is 23.5 Å². The summed E-state index contributed by atoms with van der Waals surface area (Å²) >= 11 is 0. The number of aromatic nitrogens is 1. The normalized spacial score (nSPS) is 30.4. The van der Waals surface area contributed by atoms with Crippen molar-refractivity contribution in [2.24, 2.45) is 0 Å². The molecule has 1 aliphatic rings. The quantitative estimate of drug-likeness (QED) is 0.328. The molecule has 1 aromatic heterocycles. The van der Waals surface area contributed by atoms with Gasteiger partial charge in [-0.05, 0) is 11.6 Å². The van der Waals surface area contributed by atoms with Gasteiger partial charge in [0.15, 0.2) is 0 Å². The van der Waals surface area contributed by atoms with Gasteiger partial charge in [-0.1, -0.05) is 18.2 Å². The van der Waals surface area contributed by atoms with Gasteiger partial charge in [-0.15, -0.1) is 0 Å². The Morgan fingerprint density at radius 3 is 2.62 bits per heavy atom. The highest BCUT2D eigenvalue weighted by atomic mass is 16.6. The van der Waals surface area contributed by atoms with E-state index in [0.717, 1.165) is 16.5 Å². The number of carbonyl (C=O) groups is 1. The highest BCUT2D eigenvalue weighted by Gasteiger charge is 2.44. The van der Waals surface area contributed by atoms with Gasteiger partial charge < -0.3 is 35.3 Å². The van der Waals surface area contributed by atoms with Gasteiger partial charge in [0.1, 0.15) is 36.7 Å². The van der Waals surface area contributed by atoms with Crippen LogP contribution in [0.15, 0.2) is 30.5 Å². The third-order valence-electron chi connectivity index (χ3n) is 4.65. The molecule has 0 radical (unpaired) electrons. The smallest absolute Gasteiger partial charge is 0.321 e. The molecule has 3 rings (SSSR count). The van der Waals surface area contributed by atoms with E-state index in [9.17, 15) is 30.3 Å². The lowest BCUT2D eigenvalue weighted by Gasteiger charge is -2.41. The number of carboxylic acids is 1. The number of para-hydroxylation sites is 1. The second kappa shape index (κ2) is 7.70. The van der Waals surface area contributed by atoms with Crippen molar-refractivity contribution in [3.8, 4) is 0 Å². The van der Waals surface area contributed by atoms with Gasteiger partial charge in [0.25, 0.3) is 0 Å². The molecule has 0 spiro atoms. The number of aliphatic hydroxyl groups excluding tert-OH is 4. The fourth-order valence-electron chi connectivity index (χ4n) is 3.18. The fourth-order valence-corrected chi connectivity index (χ4v) is 3.18. The van der Waals surface area contributed by atoms with Crippen molar-refractivity contribution in [2.45, 2.75) is 43.1 Å². The Balaban J connectivity index is 1.77. The molecule has 2 aromatic rings. The van der Waals surface area contributed by atoms with E-state index in [1.165, 1.54) is 0 Å². The minimum atomic E-state index is -1.57. The van der Waals surface area contributed by atoms with E-state index in [-0.39, 0.29) is 6.42 Å². The predicted molar refractivity (Wildman–Crippen MR) is 90.3 cm³/mol. The van der Waals surface area contributed by atoms with Gasteiger partial charge in [0.2, 0.25) is 0 Å². The van der Waals surface area contributed by atoms with Crippen molar-refractivity contribution >= 4 is 16.9 Å². The zero-order valence-electron chi connectivity index (χ0n) is 13.8. The lowest BCUT2D eigenvalue weighted by atomic mass is 9.97. The Morgan fingerprint density at radius 1 is 1.19 bits per heavy atom. The number of aromatic amines is 1. The van der Waals surface area contributed by atoms with Gasteiger partial charge in [0.05, 0.1) is 6.61 Å². The van der Waals surface area contributed by atoms with Crippen molar-refractivity contribution in [3.63, 3.8) is 0 Å². The van der Waals surface area contributed by atoms with E-state index in [4.69, 9.17) is 4.74 Å². The molecule has 1 aliphatic heterocycles. The predicted octanol–water partition coefficient (Wildman–Crippen LogP) is -1.45. The molecule has 1 aromatic carbocycles. The average molecular weight is 366 g/mol. The highest BCUT2D eigenvalue weighted by Crippen LogP contribution is 2.22. The van der Waals surface area contributed by atoms with Crippen LogP contribution in [0, 0.1) is 0 Å². The Labute approximate surface area is 148 Å². The number of hydrogen-bond acceptors (Lipinski definition) is 7. The maximum Gasteiger partial charge on any atom is 0.321 e. The number of aliphatic carboxylic acids is 1. The molecule has 142 valence electrons. The van der Waals surface area contributed by atoms with Crippen LogP contribution in [0.3, 0.4) is 0 Å². The molecule has 0 saturated carbocycles. The van der Waals surface area contributed by atoms with Crippen molar-refractivity contribution in [3.05, 3.63) is 36.0 Å². The summed E-state index contributed by atoms with van der Waals surface area (Å²) in [6.45, 7) is -0.580. The largest absolute Gasteiger partial charge is 0.480 e. The molecule has 7 N–H and O–H groups in total. The number of hydrogen-bond donors (Lipinski definition) is 7. The molecule has 26 heavy (non-hydrogen) atoms. The van der Waals surface area contributed by atoms with E-state index in [0.29, 0.717) is 0 Å². The second-order valence-electron chi connectivity index (χ2n) is 6.37. The third-order valence-corrected chi connectivity index (χ3v) is 4.65. The Kier molecular flexibility index (Phi) is 5.56. The van der Waals surface area contributed by atoms with E-state index in [2.05, 4.69) is 10.3 Å². The van der Waals surface area contributed by atoms with Crippen molar-refractivity contribution in [2.75, 3.05) is 6.61 Å². The summed E-state index contributed by atoms with van der Waals surface area (Å²) in [6.07, 6.45) is -5.14. The van der Waals surface area contributed by atoms with Crippen LogP contribution >= 0.6 is 0 Å². The van der Waals surface area contributed by atoms with Crippen LogP contribution in [0.5, 0.6) is 0 Å². The van der Waals surface area contributed by atoms with Crippen LogP contribution < -0.4 is 5.32 Å². The van der Waals surface area contributed by atoms with E-state index in [1.54, 1.807) is 6.20 Å². The van der Waals surface area contributed by atoms with Gasteiger partial charge in [-0.3, -0.25) is 10.1 Å². The fraction of sp³-hybridized carbons (Fsp3) is 0.471. The first kappa shape index (κ1) is 18.8. The van der Waals surface area contributed by atoms with Crippen LogP contribution in [-0.2, 0) is 16.0 Å². The molecule has 0 bridgehead atoms. The van der Waals surface area contributed by atoms with Crippen LogP contribution in [0.2, 0.25) is 0 Å². The number of rotatable bonds is 6. The zero-order chi connectivity index (χ0) is 18.8. The minimum Gasteiger partial charge on any atom is -0.480 e. The average Bonchev–Trinajstić information content (AvgIpc) is 3.04. The van der Waals surface area contributed by atoms with Crippen LogP contribution in [0.25, 0.3) is 10.9 Å². The summed E-state index contributed by atoms with van der Waals surface area (Å²) in [4.78, 5) is 14.7. The first-order chi connectivity index (χ1) is 12.4. The standard InChI is InChI=1S/C17H22N2O7/c20-7-12-13(21)14(22)15(23)16(26-12)19-11(17(24)25)5-8-6-18-10-4-2-1-3-9(8)10/h1-4,6,11-16,18-23H,5,7H2,(H,24,25)/t11?,12-,13-,14+,15+,16+/m1/s1. The lowest BCUT2D eigenvalue weighted by molar-refractivity contribution is -0.238. The second-order valence-corrected chi connectivity index (χ2v) is 6.37. The zero-order valence-corrected chi connectivity index (χ0v) is 13.8. The molecule has 0 aliphatic carbocycles. The van der Waals surface area contributed by atoms with E-state index < -0.39 is 49.3 Å². The first-order valence-electron chi connectivity index (χ1n) is 8.26. The SMILES string of the molecule is O=C(O)C(Cc1c[nH]c2ccccc12)N[C@H]1O[C@H](CO)[C@@H](O)[C@H](O)[C@@H]1O. The summed E-state index contributed by atoms with van der Waals surface area (Å²) in [6, 6.07) is 6.34. The number of ether oxygens (including phenoxy) is 1. The monoisotopic (exact) mass is 366 g/mol. The number of benzene rings is 1. The molecule has 2 heterocycles. The molecule has 1 saturated heterocycles. The van der Waals surface area contributed by atoms with Crippen LogP contribution in [-0.4, -0.2) is 79.8 Å². The molecule has 1 unspecified atom stereocenters. The molecular weight excluding hydrogens is 344 g/mol. The van der Waals surface area contributed by atoms with Crippen LogP contribution in [0.4, 0.5) is 0 Å². The Morgan fingerprint density at radius 2 is 1.92 bits per heavy atom. The number of nitrogens with one attached hydrogen (secondary N) is 2. The number of carboxylic acid groups (broad SMARTS) is 1. The summed E-state index contributed by atoms with van der Waals surface area (Å²) in [5.41, 5.74) is 1.64. The van der Waals surface area contributed by atoms with E-state index in [1.807, 2.05) is 24.3 Å². The number of H-pyrrole nitrogens is 1. The lowest BCUT2D eigenvalue weighted by Crippen LogP contribution is -2.64. The maximum atomic E-state index is 11.7. The van der Waals surface area contributed by atoms with Gasteiger partial charge >= 0.3 is 5.97 Å². The topological polar surface area (TPSA) is 155 Å². The molecule has 9 nitrogen and oxygen atoms in total. The van der Waals surface area contributed by atoms with E-state index >= 15 is 0 Å². The third kappa shape index (κ3) is 3.58. The molecule has 1 fully saturated rings. The minimum absolute atomic E-state index is 0.106. The van der Waals surface area contributed by atoms with Gasteiger partial charge in [-0.2, -0.15) is 0 Å². The van der Waals surface area contributed by atoms with Crippen molar-refractivity contribution in [1.82, 2.24) is 10.3 Å². The molecule has 6 atom stereocenters. The maximum absolute atomic E-state index is 11.7. The molecular formula is C17H22N2O7. The molecule has 9 heteroatoms. The number of aliphatic hydroxyl groups is 4.